The second kappa shape index (κ2) is 7.75. The summed E-state index contributed by atoms with van der Waals surface area (Å²) < 4.78 is 11.7. The third-order valence-electron chi connectivity index (χ3n) is 6.26. The highest BCUT2D eigenvalue weighted by Crippen LogP contribution is 2.40. The zero-order valence-corrected chi connectivity index (χ0v) is 19.1. The van der Waals surface area contributed by atoms with Gasteiger partial charge in [0.15, 0.2) is 0 Å². The van der Waals surface area contributed by atoms with Gasteiger partial charge >= 0.3 is 5.63 Å². The summed E-state index contributed by atoms with van der Waals surface area (Å²) in [5.41, 5.74) is 4.76. The molecule has 5 nitrogen and oxygen atoms in total. The van der Waals surface area contributed by atoms with Gasteiger partial charge in [0.25, 0.3) is 0 Å². The fourth-order valence-electron chi connectivity index (χ4n) is 4.63. The number of benzene rings is 1. The Labute approximate surface area is 185 Å². The maximum Gasteiger partial charge on any atom is 0.336 e. The summed E-state index contributed by atoms with van der Waals surface area (Å²) in [6, 6.07) is 5.61. The molecule has 6 heteroatoms. The number of aromatic nitrogens is 2. The van der Waals surface area contributed by atoms with Gasteiger partial charge in [0, 0.05) is 21.9 Å². The third kappa shape index (κ3) is 3.63. The standard InChI is InChI=1S/C25H26N2O3S/c1-13(2)18-10-19-16(9-22(28)30-20(19)8-15(18)4)11-29-24-23-17-6-5-14(3)7-21(17)31-25(23)27-12-26-24/h8-10,12-14H,5-7,11H2,1-4H3. The topological polar surface area (TPSA) is 65.2 Å². The molecule has 1 unspecified atom stereocenters. The van der Waals surface area contributed by atoms with E-state index in [1.54, 1.807) is 17.7 Å². The van der Waals surface area contributed by atoms with Crippen molar-refractivity contribution in [3.63, 3.8) is 0 Å². The van der Waals surface area contributed by atoms with Crippen molar-refractivity contribution in [3.05, 3.63) is 62.1 Å². The van der Waals surface area contributed by atoms with Gasteiger partial charge in [-0.05, 0) is 66.8 Å². The molecule has 1 aromatic carbocycles. The van der Waals surface area contributed by atoms with E-state index in [0.29, 0.717) is 23.3 Å². The van der Waals surface area contributed by atoms with Gasteiger partial charge in [0.05, 0.1) is 5.39 Å². The summed E-state index contributed by atoms with van der Waals surface area (Å²) in [4.78, 5) is 23.5. The minimum Gasteiger partial charge on any atom is -0.472 e. The number of ether oxygens (including phenoxy) is 1. The second-order valence-corrected chi connectivity index (χ2v) is 10.0. The summed E-state index contributed by atoms with van der Waals surface area (Å²) in [5, 5.41) is 1.96. The molecule has 0 aliphatic heterocycles. The van der Waals surface area contributed by atoms with Crippen LogP contribution in [0, 0.1) is 12.8 Å². The molecule has 1 aliphatic rings. The van der Waals surface area contributed by atoms with E-state index in [9.17, 15) is 4.79 Å². The normalized spacial score (nSPS) is 16.2. The molecule has 3 aromatic heterocycles. The second-order valence-electron chi connectivity index (χ2n) is 8.95. The van der Waals surface area contributed by atoms with Gasteiger partial charge in [-0.25, -0.2) is 14.8 Å². The van der Waals surface area contributed by atoms with E-state index in [1.807, 2.05) is 6.07 Å². The first kappa shape index (κ1) is 20.2. The molecule has 0 N–H and O–H groups in total. The van der Waals surface area contributed by atoms with E-state index < -0.39 is 0 Å². The molecule has 0 bridgehead atoms. The van der Waals surface area contributed by atoms with Crippen LogP contribution in [-0.2, 0) is 19.4 Å². The van der Waals surface area contributed by atoms with Crippen LogP contribution in [0.3, 0.4) is 0 Å². The number of aryl methyl sites for hydroxylation is 2. The van der Waals surface area contributed by atoms with Crippen LogP contribution in [0.4, 0.5) is 0 Å². The minimum atomic E-state index is -0.363. The molecule has 3 heterocycles. The number of rotatable bonds is 4. The molecule has 0 saturated heterocycles. The molecule has 31 heavy (non-hydrogen) atoms. The molecule has 0 fully saturated rings. The summed E-state index contributed by atoms with van der Waals surface area (Å²) in [6.07, 6.45) is 4.88. The lowest BCUT2D eigenvalue weighted by Crippen LogP contribution is -2.09. The molecule has 160 valence electrons. The summed E-state index contributed by atoms with van der Waals surface area (Å²) in [7, 11) is 0. The third-order valence-corrected chi connectivity index (χ3v) is 7.42. The number of hydrogen-bond acceptors (Lipinski definition) is 6. The maximum absolute atomic E-state index is 12.2. The molecule has 1 atom stereocenters. The van der Waals surface area contributed by atoms with Gasteiger partial charge in [-0.15, -0.1) is 11.3 Å². The van der Waals surface area contributed by atoms with Crippen molar-refractivity contribution in [2.75, 3.05) is 0 Å². The fraction of sp³-hybridized carbons (Fsp3) is 0.400. The molecule has 0 spiro atoms. The van der Waals surface area contributed by atoms with Crippen molar-refractivity contribution in [2.45, 2.75) is 59.5 Å². The molecule has 0 saturated carbocycles. The van der Waals surface area contributed by atoms with Crippen LogP contribution in [0.5, 0.6) is 5.88 Å². The summed E-state index contributed by atoms with van der Waals surface area (Å²) >= 11 is 1.75. The highest BCUT2D eigenvalue weighted by Gasteiger charge is 2.24. The zero-order chi connectivity index (χ0) is 21.7. The van der Waals surface area contributed by atoms with Crippen molar-refractivity contribution >= 4 is 32.5 Å². The molecule has 5 rings (SSSR count). The van der Waals surface area contributed by atoms with Crippen molar-refractivity contribution in [2.24, 2.45) is 5.92 Å². The Bertz CT molecular complexity index is 1350. The van der Waals surface area contributed by atoms with Crippen LogP contribution < -0.4 is 10.4 Å². The van der Waals surface area contributed by atoms with Crippen molar-refractivity contribution in [1.29, 1.82) is 0 Å². The lowest BCUT2D eigenvalue weighted by atomic mass is 9.89. The number of thiophene rings is 1. The van der Waals surface area contributed by atoms with E-state index in [4.69, 9.17) is 9.15 Å². The largest absolute Gasteiger partial charge is 0.472 e. The monoisotopic (exact) mass is 434 g/mol. The molecule has 1 aliphatic carbocycles. The Kier molecular flexibility index (Phi) is 5.05. The van der Waals surface area contributed by atoms with Gasteiger partial charge in [-0.1, -0.05) is 20.8 Å². The van der Waals surface area contributed by atoms with Crippen LogP contribution in [0.1, 0.15) is 60.2 Å². The van der Waals surface area contributed by atoms with E-state index in [1.165, 1.54) is 28.5 Å². The zero-order valence-electron chi connectivity index (χ0n) is 18.3. The molecule has 0 radical (unpaired) electrons. The van der Waals surface area contributed by atoms with Crippen molar-refractivity contribution in [3.8, 4) is 5.88 Å². The molecular weight excluding hydrogens is 408 g/mol. The van der Waals surface area contributed by atoms with Gasteiger partial charge in [0.2, 0.25) is 5.88 Å². The minimum absolute atomic E-state index is 0.260. The molecule has 4 aromatic rings. The van der Waals surface area contributed by atoms with E-state index in [-0.39, 0.29) is 12.2 Å². The highest BCUT2D eigenvalue weighted by atomic mass is 32.1. The average molecular weight is 435 g/mol. The predicted molar refractivity (Wildman–Crippen MR) is 124 cm³/mol. The Hall–Kier alpha value is -2.73. The van der Waals surface area contributed by atoms with E-state index in [2.05, 4.69) is 43.7 Å². The Morgan fingerprint density at radius 3 is 2.90 bits per heavy atom. The average Bonchev–Trinajstić information content (AvgIpc) is 3.09. The molecule has 0 amide bonds. The SMILES string of the molecule is Cc1cc2oc(=O)cc(COc3ncnc4sc5c(c34)CCC(C)C5)c2cc1C(C)C. The maximum atomic E-state index is 12.2. The summed E-state index contributed by atoms with van der Waals surface area (Å²) in [5.74, 6) is 1.69. The Morgan fingerprint density at radius 1 is 1.26 bits per heavy atom. The van der Waals surface area contributed by atoms with Gasteiger partial charge < -0.3 is 9.15 Å². The lowest BCUT2D eigenvalue weighted by molar-refractivity contribution is 0.298. The first-order valence-electron chi connectivity index (χ1n) is 10.9. The quantitative estimate of drug-likeness (QED) is 0.372. The van der Waals surface area contributed by atoms with Gasteiger partial charge in [-0.2, -0.15) is 0 Å². The van der Waals surface area contributed by atoms with Crippen LogP contribution in [0.25, 0.3) is 21.2 Å². The van der Waals surface area contributed by atoms with Crippen LogP contribution in [-0.4, -0.2) is 9.97 Å². The van der Waals surface area contributed by atoms with E-state index in [0.717, 1.165) is 39.6 Å². The first-order chi connectivity index (χ1) is 14.9. The van der Waals surface area contributed by atoms with Gasteiger partial charge in [0.1, 0.15) is 23.3 Å². The van der Waals surface area contributed by atoms with Gasteiger partial charge in [-0.3, -0.25) is 0 Å². The van der Waals surface area contributed by atoms with Crippen molar-refractivity contribution < 1.29 is 9.15 Å². The number of fused-ring (bicyclic) bond motifs is 4. The lowest BCUT2D eigenvalue weighted by Gasteiger charge is -2.18. The number of hydrogen-bond donors (Lipinski definition) is 0. The smallest absolute Gasteiger partial charge is 0.336 e. The van der Waals surface area contributed by atoms with Crippen molar-refractivity contribution in [1.82, 2.24) is 9.97 Å². The summed E-state index contributed by atoms with van der Waals surface area (Å²) in [6.45, 7) is 8.95. The number of nitrogens with zero attached hydrogens (tertiary/aromatic N) is 2. The first-order valence-corrected chi connectivity index (χ1v) is 11.7. The molecular formula is C25H26N2O3S. The fourth-order valence-corrected chi connectivity index (χ4v) is 5.98. The Balaban J connectivity index is 1.55. The van der Waals surface area contributed by atoms with Crippen LogP contribution >= 0.6 is 11.3 Å². The Morgan fingerprint density at radius 2 is 2.10 bits per heavy atom. The highest BCUT2D eigenvalue weighted by molar-refractivity contribution is 7.18. The van der Waals surface area contributed by atoms with Crippen LogP contribution in [0.2, 0.25) is 0 Å². The predicted octanol–water partition coefficient (Wildman–Crippen LogP) is 5.93. The van der Waals surface area contributed by atoms with E-state index >= 15 is 0 Å². The van der Waals surface area contributed by atoms with Crippen LogP contribution in [0.15, 0.2) is 33.7 Å².